The van der Waals surface area contributed by atoms with Gasteiger partial charge < -0.3 is 5.11 Å². The summed E-state index contributed by atoms with van der Waals surface area (Å²) < 4.78 is 0. The molecule has 4 nitrogen and oxygen atoms in total. The first-order valence-corrected chi connectivity index (χ1v) is 6.99. The van der Waals surface area contributed by atoms with E-state index in [0.717, 1.165) is 22.0 Å². The van der Waals surface area contributed by atoms with E-state index in [9.17, 15) is 9.90 Å². The van der Waals surface area contributed by atoms with E-state index in [0.29, 0.717) is 0 Å². The molecule has 0 radical (unpaired) electrons. The number of carbonyl (C=O) groups excluding carboxylic acids is 1. The molecular weight excluding hydrogens is 276 g/mol. The molecule has 0 atom stereocenters. The lowest BCUT2D eigenvalue weighted by Gasteiger charge is -2.12. The van der Waals surface area contributed by atoms with E-state index in [2.05, 4.69) is 10.9 Å². The summed E-state index contributed by atoms with van der Waals surface area (Å²) in [7, 11) is 0. The average Bonchev–Trinajstić information content (AvgIpc) is 2.53. The summed E-state index contributed by atoms with van der Waals surface area (Å²) in [5, 5.41) is 11.8. The lowest BCUT2D eigenvalue weighted by atomic mass is 10.1. The molecule has 0 bridgehead atoms. The first-order valence-electron chi connectivity index (χ1n) is 6.99. The fourth-order valence-electron chi connectivity index (χ4n) is 2.31. The van der Waals surface area contributed by atoms with Gasteiger partial charge >= 0.3 is 0 Å². The van der Waals surface area contributed by atoms with Crippen LogP contribution in [0.15, 0.2) is 60.7 Å². The number of phenols is 1. The SMILES string of the molecule is Cc1ccccc1NNC(=O)c1cc2ccccc2cc1O. The molecule has 0 aliphatic rings. The van der Waals surface area contributed by atoms with Crippen molar-refractivity contribution < 1.29 is 9.90 Å². The van der Waals surface area contributed by atoms with Gasteiger partial charge in [-0.2, -0.15) is 0 Å². The number of aromatic hydroxyl groups is 1. The van der Waals surface area contributed by atoms with Crippen molar-refractivity contribution in [2.24, 2.45) is 0 Å². The van der Waals surface area contributed by atoms with Crippen LogP contribution in [-0.2, 0) is 0 Å². The van der Waals surface area contributed by atoms with Gasteiger partial charge in [-0.3, -0.25) is 15.6 Å². The number of hydrogen-bond donors (Lipinski definition) is 3. The van der Waals surface area contributed by atoms with Gasteiger partial charge in [0.2, 0.25) is 0 Å². The lowest BCUT2D eigenvalue weighted by Crippen LogP contribution is -2.29. The Morgan fingerprint density at radius 1 is 0.955 bits per heavy atom. The van der Waals surface area contributed by atoms with Crippen LogP contribution in [0, 0.1) is 6.92 Å². The van der Waals surface area contributed by atoms with Crippen molar-refractivity contribution in [1.82, 2.24) is 5.43 Å². The summed E-state index contributed by atoms with van der Waals surface area (Å²) in [5.74, 6) is -0.422. The molecule has 4 heteroatoms. The standard InChI is InChI=1S/C18H16N2O2/c1-12-6-2-5-9-16(12)19-20-18(22)15-10-13-7-3-4-8-14(13)11-17(15)21/h2-11,19,21H,1H3,(H,20,22). The molecule has 0 unspecified atom stereocenters. The molecule has 3 rings (SSSR count). The highest BCUT2D eigenvalue weighted by Gasteiger charge is 2.12. The highest BCUT2D eigenvalue weighted by Crippen LogP contribution is 2.25. The van der Waals surface area contributed by atoms with Gasteiger partial charge in [0.15, 0.2) is 0 Å². The first kappa shape index (κ1) is 13.9. The number of para-hydroxylation sites is 1. The predicted molar refractivity (Wildman–Crippen MR) is 87.9 cm³/mol. The van der Waals surface area contributed by atoms with E-state index in [1.165, 1.54) is 0 Å². The molecule has 0 aliphatic carbocycles. The van der Waals surface area contributed by atoms with Crippen LogP contribution in [0.1, 0.15) is 15.9 Å². The Kier molecular flexibility index (Phi) is 3.66. The Balaban J connectivity index is 1.83. The van der Waals surface area contributed by atoms with E-state index in [1.54, 1.807) is 12.1 Å². The molecule has 110 valence electrons. The molecule has 0 aromatic heterocycles. The Bertz CT molecular complexity index is 843. The van der Waals surface area contributed by atoms with Gasteiger partial charge in [0.1, 0.15) is 5.75 Å². The summed E-state index contributed by atoms with van der Waals surface area (Å²) in [4.78, 5) is 12.3. The zero-order chi connectivity index (χ0) is 15.5. The number of hydrogen-bond acceptors (Lipinski definition) is 3. The molecule has 1 amide bonds. The van der Waals surface area contributed by atoms with Gasteiger partial charge in [0, 0.05) is 0 Å². The third-order valence-electron chi connectivity index (χ3n) is 3.56. The van der Waals surface area contributed by atoms with Crippen LogP contribution in [0.25, 0.3) is 10.8 Å². The maximum Gasteiger partial charge on any atom is 0.273 e. The molecular formula is C18H16N2O2. The topological polar surface area (TPSA) is 61.4 Å². The number of fused-ring (bicyclic) bond motifs is 1. The Morgan fingerprint density at radius 3 is 2.32 bits per heavy atom. The van der Waals surface area contributed by atoms with Crippen molar-refractivity contribution in [2.75, 3.05) is 5.43 Å². The molecule has 3 aromatic carbocycles. The number of hydrazine groups is 1. The minimum Gasteiger partial charge on any atom is -0.507 e. The molecule has 0 aliphatic heterocycles. The Morgan fingerprint density at radius 2 is 1.59 bits per heavy atom. The maximum atomic E-state index is 12.3. The van der Waals surface area contributed by atoms with Crippen LogP contribution < -0.4 is 10.9 Å². The number of amides is 1. The summed E-state index contributed by atoms with van der Waals surface area (Å²) >= 11 is 0. The highest BCUT2D eigenvalue weighted by molar-refractivity contribution is 6.01. The van der Waals surface area contributed by atoms with Crippen molar-refractivity contribution in [2.45, 2.75) is 6.92 Å². The summed E-state index contributed by atoms with van der Waals surface area (Å²) in [6, 6.07) is 18.5. The van der Waals surface area contributed by atoms with Crippen LogP contribution in [0.4, 0.5) is 5.69 Å². The number of benzene rings is 3. The maximum absolute atomic E-state index is 12.3. The van der Waals surface area contributed by atoms with E-state index >= 15 is 0 Å². The van der Waals surface area contributed by atoms with Gasteiger partial charge in [-0.05, 0) is 41.5 Å². The third-order valence-corrected chi connectivity index (χ3v) is 3.56. The van der Waals surface area contributed by atoms with Gasteiger partial charge in [-0.15, -0.1) is 0 Å². The number of rotatable bonds is 3. The molecule has 22 heavy (non-hydrogen) atoms. The minimum absolute atomic E-state index is 0.0391. The Labute approximate surface area is 128 Å². The van der Waals surface area contributed by atoms with Gasteiger partial charge in [0.05, 0.1) is 11.3 Å². The van der Waals surface area contributed by atoms with Crippen molar-refractivity contribution in [3.63, 3.8) is 0 Å². The molecule has 3 aromatic rings. The summed E-state index contributed by atoms with van der Waals surface area (Å²) in [5.41, 5.74) is 7.56. The number of carbonyl (C=O) groups is 1. The van der Waals surface area contributed by atoms with Crippen LogP contribution in [0.5, 0.6) is 5.75 Å². The first-order chi connectivity index (χ1) is 10.6. The lowest BCUT2D eigenvalue weighted by molar-refractivity contribution is 0.0960. The zero-order valence-electron chi connectivity index (χ0n) is 12.1. The zero-order valence-corrected chi connectivity index (χ0v) is 12.1. The molecule has 0 heterocycles. The Hall–Kier alpha value is -3.01. The predicted octanol–water partition coefficient (Wildman–Crippen LogP) is 3.61. The van der Waals surface area contributed by atoms with E-state index in [1.807, 2.05) is 55.5 Å². The van der Waals surface area contributed by atoms with Crippen molar-refractivity contribution in [3.05, 3.63) is 71.8 Å². The average molecular weight is 292 g/mol. The third kappa shape index (κ3) is 2.72. The van der Waals surface area contributed by atoms with Crippen LogP contribution in [0.2, 0.25) is 0 Å². The van der Waals surface area contributed by atoms with Gasteiger partial charge in [-0.1, -0.05) is 42.5 Å². The smallest absolute Gasteiger partial charge is 0.273 e. The molecule has 0 spiro atoms. The second kappa shape index (κ2) is 5.77. The van der Waals surface area contributed by atoms with Crippen molar-refractivity contribution in [3.8, 4) is 5.75 Å². The molecule has 0 saturated carbocycles. The highest BCUT2D eigenvalue weighted by atomic mass is 16.3. The molecule has 0 saturated heterocycles. The second-order valence-corrected chi connectivity index (χ2v) is 5.11. The fraction of sp³-hybridized carbons (Fsp3) is 0.0556. The number of aryl methyl sites for hydroxylation is 1. The van der Waals surface area contributed by atoms with Crippen LogP contribution >= 0.6 is 0 Å². The summed E-state index contributed by atoms with van der Waals surface area (Å²) in [6.45, 7) is 1.95. The normalized spacial score (nSPS) is 10.4. The quantitative estimate of drug-likeness (QED) is 0.646. The van der Waals surface area contributed by atoms with Gasteiger partial charge in [-0.25, -0.2) is 0 Å². The largest absolute Gasteiger partial charge is 0.507 e. The molecule has 3 N–H and O–H groups in total. The van der Waals surface area contributed by atoms with Crippen molar-refractivity contribution in [1.29, 1.82) is 0 Å². The van der Waals surface area contributed by atoms with E-state index in [4.69, 9.17) is 0 Å². The number of nitrogens with one attached hydrogen (secondary N) is 2. The fourth-order valence-corrected chi connectivity index (χ4v) is 2.31. The van der Waals surface area contributed by atoms with E-state index in [-0.39, 0.29) is 17.2 Å². The van der Waals surface area contributed by atoms with Gasteiger partial charge in [0.25, 0.3) is 5.91 Å². The van der Waals surface area contributed by atoms with Crippen LogP contribution in [0.3, 0.4) is 0 Å². The number of phenolic OH excluding ortho intramolecular Hbond substituents is 1. The minimum atomic E-state index is -0.383. The monoisotopic (exact) mass is 292 g/mol. The van der Waals surface area contributed by atoms with Crippen LogP contribution in [-0.4, -0.2) is 11.0 Å². The summed E-state index contributed by atoms with van der Waals surface area (Å²) in [6.07, 6.45) is 0. The van der Waals surface area contributed by atoms with Crippen molar-refractivity contribution >= 4 is 22.4 Å². The second-order valence-electron chi connectivity index (χ2n) is 5.11. The van der Waals surface area contributed by atoms with E-state index < -0.39 is 0 Å². The number of anilines is 1. The molecule has 0 fully saturated rings.